The molecule has 3 aromatic rings. The lowest BCUT2D eigenvalue weighted by Gasteiger charge is -2.26. The number of Topliss-reactive ketones (excluding diaryl/α,β-unsaturated/α-hetero) is 1. The summed E-state index contributed by atoms with van der Waals surface area (Å²) in [6.07, 6.45) is -2.14. The van der Waals surface area contributed by atoms with E-state index in [4.69, 9.17) is 4.74 Å². The van der Waals surface area contributed by atoms with Crippen LogP contribution in [0.1, 0.15) is 37.0 Å². The summed E-state index contributed by atoms with van der Waals surface area (Å²) in [4.78, 5) is 15.9. The third kappa shape index (κ3) is 5.42. The van der Waals surface area contributed by atoms with Crippen molar-refractivity contribution in [1.82, 2.24) is 4.98 Å². The number of halogens is 3. The van der Waals surface area contributed by atoms with Crippen molar-refractivity contribution in [3.8, 4) is 17.0 Å². The van der Waals surface area contributed by atoms with E-state index in [9.17, 15) is 18.0 Å². The van der Waals surface area contributed by atoms with Gasteiger partial charge in [0.25, 0.3) is 0 Å². The molecule has 0 aliphatic carbocycles. The molecule has 4 rings (SSSR count). The zero-order chi connectivity index (χ0) is 26.0. The molecule has 0 fully saturated rings. The predicted octanol–water partition coefficient (Wildman–Crippen LogP) is 6.38. The summed E-state index contributed by atoms with van der Waals surface area (Å²) in [6, 6.07) is 16.7. The number of hydrogen-bond donors (Lipinski definition) is 0. The molecule has 0 saturated carbocycles. The van der Waals surface area contributed by atoms with Gasteiger partial charge < -0.3 is 4.74 Å². The van der Waals surface area contributed by atoms with E-state index in [1.54, 1.807) is 25.4 Å². The number of aryl methyl sites for hydroxylation is 1. The molecule has 0 bridgehead atoms. The van der Waals surface area contributed by atoms with Gasteiger partial charge in [-0.2, -0.15) is 18.3 Å². The summed E-state index contributed by atoms with van der Waals surface area (Å²) in [6.45, 7) is 4.91. The zero-order valence-corrected chi connectivity index (χ0v) is 20.6. The smallest absolute Gasteiger partial charge is 0.431 e. The molecule has 36 heavy (non-hydrogen) atoms. The van der Waals surface area contributed by atoms with Crippen molar-refractivity contribution in [2.45, 2.75) is 45.8 Å². The van der Waals surface area contributed by atoms with E-state index in [-0.39, 0.29) is 12.2 Å². The highest BCUT2D eigenvalue weighted by Crippen LogP contribution is 2.36. The molecule has 2 aromatic carbocycles. The van der Waals surface area contributed by atoms with Crippen LogP contribution in [-0.4, -0.2) is 35.8 Å². The summed E-state index contributed by atoms with van der Waals surface area (Å²) in [7, 11) is 1.58. The topological polar surface area (TPSA) is 54.8 Å². The molecule has 1 aliphatic heterocycles. The molecule has 2 atom stereocenters. The van der Waals surface area contributed by atoms with Crippen LogP contribution in [-0.2, 0) is 11.2 Å². The lowest BCUT2D eigenvalue weighted by atomic mass is 9.93. The van der Waals surface area contributed by atoms with Crippen LogP contribution in [0.15, 0.2) is 65.9 Å². The maximum Gasteiger partial charge on any atom is 0.431 e. The third-order valence-electron chi connectivity index (χ3n) is 6.54. The number of pyridine rings is 1. The van der Waals surface area contributed by atoms with Crippen LogP contribution >= 0.6 is 0 Å². The molecule has 8 heteroatoms. The monoisotopic (exact) mass is 495 g/mol. The van der Waals surface area contributed by atoms with Crippen LogP contribution in [0, 0.1) is 12.8 Å². The Morgan fingerprint density at radius 3 is 2.36 bits per heavy atom. The molecule has 0 saturated heterocycles. The largest absolute Gasteiger partial charge is 0.481 e. The van der Waals surface area contributed by atoms with Crippen molar-refractivity contribution in [1.29, 1.82) is 0 Å². The average Bonchev–Trinajstić information content (AvgIpc) is 3.16. The van der Waals surface area contributed by atoms with Gasteiger partial charge in [0.1, 0.15) is 11.5 Å². The number of nitrogens with zero attached hydrogens (tertiary/aromatic N) is 3. The molecule has 0 amide bonds. The Labute approximate surface area is 208 Å². The zero-order valence-electron chi connectivity index (χ0n) is 20.6. The van der Waals surface area contributed by atoms with Gasteiger partial charge in [-0.3, -0.25) is 9.80 Å². The first-order valence-electron chi connectivity index (χ1n) is 11.7. The second-order valence-corrected chi connectivity index (χ2v) is 9.16. The van der Waals surface area contributed by atoms with Crippen molar-refractivity contribution in [2.24, 2.45) is 11.0 Å². The van der Waals surface area contributed by atoms with Crippen LogP contribution in [0.3, 0.4) is 0 Å². The van der Waals surface area contributed by atoms with Crippen LogP contribution in [0.4, 0.5) is 18.9 Å². The van der Waals surface area contributed by atoms with Crippen LogP contribution in [0.2, 0.25) is 0 Å². The maximum atomic E-state index is 13.5. The SMILES string of the molecule is COc1cc(-c2ccc(Cc3ccc(N4N=C(C(F)(F)F)[C@@H](C)[C@@H]4CC(C)=O)cc3)c(C)c2)ccn1. The van der Waals surface area contributed by atoms with E-state index >= 15 is 0 Å². The van der Waals surface area contributed by atoms with Gasteiger partial charge in [0.15, 0.2) is 0 Å². The normalized spacial score (nSPS) is 17.8. The number of benzene rings is 2. The van der Waals surface area contributed by atoms with Crippen molar-refractivity contribution in [3.05, 3.63) is 77.5 Å². The molecule has 0 radical (unpaired) electrons. The van der Waals surface area contributed by atoms with E-state index in [0.717, 1.165) is 27.8 Å². The molecule has 188 valence electrons. The number of ether oxygens (including phenoxy) is 1. The Balaban J connectivity index is 1.54. The number of alkyl halides is 3. The fraction of sp³-hybridized carbons (Fsp3) is 0.321. The van der Waals surface area contributed by atoms with Crippen molar-refractivity contribution in [3.63, 3.8) is 0 Å². The van der Waals surface area contributed by atoms with Crippen molar-refractivity contribution in [2.75, 3.05) is 12.1 Å². The molecule has 0 spiro atoms. The minimum atomic E-state index is -4.53. The van der Waals surface area contributed by atoms with E-state index in [0.29, 0.717) is 18.0 Å². The highest BCUT2D eigenvalue weighted by atomic mass is 19.4. The molecule has 1 aliphatic rings. The van der Waals surface area contributed by atoms with Crippen LogP contribution < -0.4 is 9.75 Å². The van der Waals surface area contributed by atoms with E-state index in [1.807, 2.05) is 24.3 Å². The Hall–Kier alpha value is -3.68. The molecule has 5 nitrogen and oxygen atoms in total. The standard InChI is InChI=1S/C28H28F3N3O2/c1-17-13-22(23-11-12-32-26(16-23)36-4)8-7-21(17)15-20-5-9-24(10-6-20)34-25(14-18(2)35)19(3)27(33-34)28(29,30)31/h5-13,16,19,25H,14-15H2,1-4H3/t19-,25-/m0/s1. The first-order valence-corrected chi connectivity index (χ1v) is 11.7. The average molecular weight is 496 g/mol. The molecule has 2 heterocycles. The summed E-state index contributed by atoms with van der Waals surface area (Å²) in [5.74, 6) is -0.509. The second kappa shape index (κ2) is 10.1. The third-order valence-corrected chi connectivity index (χ3v) is 6.54. The Kier molecular flexibility index (Phi) is 7.15. The number of hydrogen-bond acceptors (Lipinski definition) is 5. The van der Waals surface area contributed by atoms with Crippen molar-refractivity contribution < 1.29 is 22.7 Å². The number of carbonyl (C=O) groups excluding carboxylic acids is 1. The maximum absolute atomic E-state index is 13.5. The van der Waals surface area contributed by atoms with Gasteiger partial charge >= 0.3 is 6.18 Å². The van der Waals surface area contributed by atoms with Gasteiger partial charge in [-0.25, -0.2) is 4.98 Å². The molecular weight excluding hydrogens is 467 g/mol. The van der Waals surface area contributed by atoms with E-state index in [1.165, 1.54) is 18.9 Å². The first kappa shape index (κ1) is 25.4. The minimum absolute atomic E-state index is 0.000886. The van der Waals surface area contributed by atoms with Crippen LogP contribution in [0.25, 0.3) is 11.1 Å². The predicted molar refractivity (Wildman–Crippen MR) is 134 cm³/mol. The quantitative estimate of drug-likeness (QED) is 0.382. The van der Waals surface area contributed by atoms with Gasteiger partial charge in [0.2, 0.25) is 5.88 Å². The molecule has 0 unspecified atom stereocenters. The number of methoxy groups -OCH3 is 1. The van der Waals surface area contributed by atoms with Gasteiger partial charge in [0.05, 0.1) is 18.8 Å². The van der Waals surface area contributed by atoms with Gasteiger partial charge in [-0.05, 0) is 66.3 Å². The minimum Gasteiger partial charge on any atom is -0.481 e. The van der Waals surface area contributed by atoms with Gasteiger partial charge in [0, 0.05) is 24.6 Å². The molecule has 0 N–H and O–H groups in total. The number of hydrazone groups is 1. The number of rotatable bonds is 7. The fourth-order valence-corrected chi connectivity index (χ4v) is 4.56. The number of ketones is 1. The van der Waals surface area contributed by atoms with Crippen LogP contribution in [0.5, 0.6) is 5.88 Å². The Morgan fingerprint density at radius 2 is 1.75 bits per heavy atom. The Bertz CT molecular complexity index is 1290. The summed E-state index contributed by atoms with van der Waals surface area (Å²) in [5, 5.41) is 5.23. The highest BCUT2D eigenvalue weighted by molar-refractivity contribution is 5.96. The highest BCUT2D eigenvalue weighted by Gasteiger charge is 2.48. The number of carbonyl (C=O) groups is 1. The van der Waals surface area contributed by atoms with Crippen molar-refractivity contribution >= 4 is 17.2 Å². The number of aromatic nitrogens is 1. The lowest BCUT2D eigenvalue weighted by molar-refractivity contribution is -0.117. The fourth-order valence-electron chi connectivity index (χ4n) is 4.56. The summed E-state index contributed by atoms with van der Waals surface area (Å²) in [5.41, 5.74) is 5.06. The Morgan fingerprint density at radius 1 is 1.06 bits per heavy atom. The molecule has 1 aromatic heterocycles. The number of anilines is 1. The van der Waals surface area contributed by atoms with E-state index < -0.39 is 23.8 Å². The van der Waals surface area contributed by atoms with Gasteiger partial charge in [-0.1, -0.05) is 37.3 Å². The summed E-state index contributed by atoms with van der Waals surface area (Å²) < 4.78 is 45.6. The summed E-state index contributed by atoms with van der Waals surface area (Å²) >= 11 is 0. The second-order valence-electron chi connectivity index (χ2n) is 9.16. The lowest BCUT2D eigenvalue weighted by Crippen LogP contribution is -2.36. The van der Waals surface area contributed by atoms with E-state index in [2.05, 4.69) is 35.2 Å². The first-order chi connectivity index (χ1) is 17.1. The van der Waals surface area contributed by atoms with Gasteiger partial charge in [-0.15, -0.1) is 0 Å². The molecular formula is C28H28F3N3O2.